The summed E-state index contributed by atoms with van der Waals surface area (Å²) in [5, 5.41) is 1.55. The van der Waals surface area contributed by atoms with E-state index in [2.05, 4.69) is 78.9 Å². The van der Waals surface area contributed by atoms with Gasteiger partial charge in [0.05, 0.1) is 8.07 Å². The Hall–Kier alpha value is -0.0331. The molecule has 0 fully saturated rings. The third kappa shape index (κ3) is 2.73. The zero-order valence-corrected chi connectivity index (χ0v) is 12.5. The van der Waals surface area contributed by atoms with Gasteiger partial charge in [0.2, 0.25) is 0 Å². The van der Waals surface area contributed by atoms with Gasteiger partial charge >= 0.3 is 0 Å². The van der Waals surface area contributed by atoms with E-state index in [1.54, 1.807) is 5.19 Å². The Morgan fingerprint density at radius 1 is 1.14 bits per heavy atom. The first-order valence-electron chi connectivity index (χ1n) is 4.81. The molecular weight excluding hydrogens is 301 g/mol. The van der Waals surface area contributed by atoms with Crippen LogP contribution in [0.2, 0.25) is 13.1 Å². The smallest absolute Gasteiger partial charge is 0.0902 e. The van der Waals surface area contributed by atoms with Gasteiger partial charge in [0.1, 0.15) is 0 Å². The van der Waals surface area contributed by atoms with Gasteiger partial charge in [-0.05, 0) is 16.2 Å². The van der Waals surface area contributed by atoms with E-state index in [0.717, 1.165) is 0 Å². The van der Waals surface area contributed by atoms with Crippen LogP contribution >= 0.6 is 22.6 Å². The number of hydrogen-bond acceptors (Lipinski definition) is 1. The van der Waals surface area contributed by atoms with Crippen LogP contribution in [-0.4, -0.2) is 26.2 Å². The number of hydrogen-bond donors (Lipinski definition) is 0. The Bertz CT molecular complexity index is 293. The Morgan fingerprint density at radius 2 is 1.64 bits per heavy atom. The van der Waals surface area contributed by atoms with Gasteiger partial charge in [0.15, 0.2) is 0 Å². The number of rotatable bonds is 3. The van der Waals surface area contributed by atoms with Crippen LogP contribution in [0.5, 0.6) is 0 Å². The molecule has 0 bridgehead atoms. The van der Waals surface area contributed by atoms with E-state index in [4.69, 9.17) is 0 Å². The molecule has 0 heterocycles. The normalized spacial score (nSPS) is 11.5. The SMILES string of the molecule is CN(C)c1ccc([Si](C)(C)CI)cc1. The number of nitrogens with zero attached hydrogens (tertiary/aromatic N) is 1. The summed E-state index contributed by atoms with van der Waals surface area (Å²) in [6.07, 6.45) is 0. The van der Waals surface area contributed by atoms with Crippen molar-refractivity contribution < 1.29 is 0 Å². The van der Waals surface area contributed by atoms with Crippen molar-refractivity contribution in [1.82, 2.24) is 0 Å². The molecule has 0 radical (unpaired) electrons. The van der Waals surface area contributed by atoms with Crippen molar-refractivity contribution in [1.29, 1.82) is 0 Å². The van der Waals surface area contributed by atoms with Crippen molar-refractivity contribution in [2.75, 3.05) is 23.0 Å². The molecule has 0 N–H and O–H groups in total. The van der Waals surface area contributed by atoms with Crippen LogP contribution in [0, 0.1) is 0 Å². The lowest BCUT2D eigenvalue weighted by Gasteiger charge is -2.21. The second kappa shape index (κ2) is 4.66. The van der Waals surface area contributed by atoms with Gasteiger partial charge in [-0.2, -0.15) is 0 Å². The Morgan fingerprint density at radius 3 is 2.00 bits per heavy atom. The van der Waals surface area contributed by atoms with Gasteiger partial charge in [-0.15, -0.1) is 0 Å². The van der Waals surface area contributed by atoms with E-state index >= 15 is 0 Å². The molecule has 3 heteroatoms. The molecule has 1 aromatic rings. The summed E-state index contributed by atoms with van der Waals surface area (Å²) in [5.74, 6) is 0. The molecular formula is C11H18INSi. The maximum Gasteiger partial charge on any atom is 0.0902 e. The number of halogens is 1. The second-order valence-electron chi connectivity index (χ2n) is 4.46. The monoisotopic (exact) mass is 319 g/mol. The summed E-state index contributed by atoms with van der Waals surface area (Å²) in [6, 6.07) is 9.02. The van der Waals surface area contributed by atoms with E-state index in [1.807, 2.05) is 0 Å². The number of benzene rings is 1. The first-order valence-corrected chi connectivity index (χ1v) is 9.54. The van der Waals surface area contributed by atoms with Crippen LogP contribution in [0.15, 0.2) is 24.3 Å². The molecule has 0 amide bonds. The summed E-state index contributed by atoms with van der Waals surface area (Å²) in [6.45, 7) is 4.84. The molecule has 0 saturated heterocycles. The molecule has 0 aliphatic rings. The first kappa shape index (κ1) is 12.0. The summed E-state index contributed by atoms with van der Waals surface area (Å²) in [4.78, 5) is 2.14. The molecule has 0 saturated carbocycles. The fraction of sp³-hybridized carbons (Fsp3) is 0.455. The highest BCUT2D eigenvalue weighted by Crippen LogP contribution is 2.12. The third-order valence-corrected chi connectivity index (χ3v) is 10.8. The standard InChI is InChI=1S/C11H18INSi/c1-13(2)10-5-7-11(8-6-10)14(3,4)9-12/h5-8H,9H2,1-4H3. The van der Waals surface area contributed by atoms with Crippen LogP contribution < -0.4 is 10.1 Å². The van der Waals surface area contributed by atoms with Crippen LogP contribution in [0.4, 0.5) is 5.69 Å². The Kier molecular flexibility index (Phi) is 4.01. The van der Waals surface area contributed by atoms with Crippen LogP contribution in [0.25, 0.3) is 0 Å². The Labute approximate surface area is 102 Å². The molecule has 1 rings (SSSR count). The maximum absolute atomic E-state index is 2.51. The van der Waals surface area contributed by atoms with Crippen LogP contribution in [0.3, 0.4) is 0 Å². The minimum Gasteiger partial charge on any atom is -0.378 e. The van der Waals surface area contributed by atoms with E-state index in [0.29, 0.717) is 0 Å². The summed E-state index contributed by atoms with van der Waals surface area (Å²) in [5.41, 5.74) is 1.28. The lowest BCUT2D eigenvalue weighted by Crippen LogP contribution is -2.43. The van der Waals surface area contributed by atoms with Gasteiger partial charge in [0.25, 0.3) is 0 Å². The summed E-state index contributed by atoms with van der Waals surface area (Å²) >= 11 is 2.51. The lowest BCUT2D eigenvalue weighted by molar-refractivity contribution is 1.13. The third-order valence-electron chi connectivity index (χ3n) is 2.50. The highest BCUT2D eigenvalue weighted by atomic mass is 127. The zero-order chi connectivity index (χ0) is 10.8. The van der Waals surface area contributed by atoms with Crippen molar-refractivity contribution in [2.45, 2.75) is 13.1 Å². The molecule has 0 spiro atoms. The van der Waals surface area contributed by atoms with Gasteiger partial charge in [-0.1, -0.05) is 53.0 Å². The van der Waals surface area contributed by atoms with Crippen molar-refractivity contribution in [3.05, 3.63) is 24.3 Å². The summed E-state index contributed by atoms with van der Waals surface area (Å²) < 4.78 is 1.28. The van der Waals surface area contributed by atoms with E-state index in [-0.39, 0.29) is 0 Å². The van der Waals surface area contributed by atoms with Gasteiger partial charge in [-0.3, -0.25) is 0 Å². The molecule has 1 aromatic carbocycles. The van der Waals surface area contributed by atoms with Crippen molar-refractivity contribution in [3.63, 3.8) is 0 Å². The highest BCUT2D eigenvalue weighted by Gasteiger charge is 2.21. The van der Waals surface area contributed by atoms with Crippen LogP contribution in [0.1, 0.15) is 0 Å². The van der Waals surface area contributed by atoms with E-state index in [1.165, 1.54) is 9.74 Å². The summed E-state index contributed by atoms with van der Waals surface area (Å²) in [7, 11) is 3.02. The fourth-order valence-corrected chi connectivity index (χ4v) is 3.83. The molecule has 78 valence electrons. The topological polar surface area (TPSA) is 3.24 Å². The van der Waals surface area contributed by atoms with Crippen molar-refractivity contribution in [2.24, 2.45) is 0 Å². The van der Waals surface area contributed by atoms with Crippen LogP contribution in [-0.2, 0) is 0 Å². The maximum atomic E-state index is 2.51. The predicted octanol–water partition coefficient (Wildman–Crippen LogP) is 2.64. The minimum atomic E-state index is -1.14. The minimum absolute atomic E-state index is 1.14. The highest BCUT2D eigenvalue weighted by molar-refractivity contribution is 14.1. The largest absolute Gasteiger partial charge is 0.378 e. The fourth-order valence-electron chi connectivity index (χ4n) is 1.29. The Balaban J connectivity index is 2.94. The van der Waals surface area contributed by atoms with Gasteiger partial charge in [0, 0.05) is 19.8 Å². The van der Waals surface area contributed by atoms with E-state index in [9.17, 15) is 0 Å². The average Bonchev–Trinajstić information content (AvgIpc) is 2.18. The van der Waals surface area contributed by atoms with E-state index < -0.39 is 8.07 Å². The van der Waals surface area contributed by atoms with Gasteiger partial charge in [-0.25, -0.2) is 0 Å². The molecule has 14 heavy (non-hydrogen) atoms. The molecule has 1 nitrogen and oxygen atoms in total. The number of alkyl halides is 1. The lowest BCUT2D eigenvalue weighted by atomic mass is 10.3. The predicted molar refractivity (Wildman–Crippen MR) is 76.8 cm³/mol. The molecule has 0 aliphatic carbocycles. The zero-order valence-electron chi connectivity index (χ0n) is 9.34. The quantitative estimate of drug-likeness (QED) is 0.470. The number of anilines is 1. The molecule has 0 unspecified atom stereocenters. The average molecular weight is 319 g/mol. The first-order chi connectivity index (χ1) is 6.47. The molecule has 0 atom stereocenters. The molecule has 0 aliphatic heterocycles. The van der Waals surface area contributed by atoms with Crippen molar-refractivity contribution >= 4 is 41.5 Å². The second-order valence-corrected chi connectivity index (χ2v) is 11.4. The molecule has 0 aromatic heterocycles. The van der Waals surface area contributed by atoms with Crippen molar-refractivity contribution in [3.8, 4) is 0 Å². The van der Waals surface area contributed by atoms with Gasteiger partial charge < -0.3 is 4.90 Å².